The number of nitro groups is 1. The fourth-order valence-electron chi connectivity index (χ4n) is 2.08. The standard InChI is InChI=1S/C16H25N3O3/c1-11(8-9-16(2,3)4)18-13-7-6-12(15(20)17-5)10-14(13)19(21)22/h6-7,10-11,18H,8-9H2,1-5H3,(H,17,20). The van der Waals surface area contributed by atoms with E-state index in [1.54, 1.807) is 12.1 Å². The zero-order valence-electron chi connectivity index (χ0n) is 13.9. The molecule has 1 aromatic carbocycles. The largest absolute Gasteiger partial charge is 0.377 e. The van der Waals surface area contributed by atoms with Crippen LogP contribution in [-0.4, -0.2) is 23.9 Å². The second kappa shape index (κ2) is 7.24. The number of anilines is 1. The van der Waals surface area contributed by atoms with Gasteiger partial charge in [0.2, 0.25) is 0 Å². The van der Waals surface area contributed by atoms with Gasteiger partial charge < -0.3 is 10.6 Å². The fourth-order valence-corrected chi connectivity index (χ4v) is 2.08. The van der Waals surface area contributed by atoms with Crippen LogP contribution in [0.4, 0.5) is 11.4 Å². The SMILES string of the molecule is CNC(=O)c1ccc(NC(C)CCC(C)(C)C)c([N+](=O)[O-])c1. The first-order chi connectivity index (χ1) is 10.1. The number of hydrogen-bond acceptors (Lipinski definition) is 4. The van der Waals surface area contributed by atoms with E-state index in [4.69, 9.17) is 0 Å². The van der Waals surface area contributed by atoms with Crippen molar-refractivity contribution in [2.45, 2.75) is 46.6 Å². The summed E-state index contributed by atoms with van der Waals surface area (Å²) in [6.07, 6.45) is 1.93. The van der Waals surface area contributed by atoms with E-state index in [-0.39, 0.29) is 28.6 Å². The van der Waals surface area contributed by atoms with Crippen molar-refractivity contribution in [1.82, 2.24) is 5.32 Å². The molecule has 1 amide bonds. The number of carbonyl (C=O) groups is 1. The lowest BCUT2D eigenvalue weighted by Gasteiger charge is -2.22. The van der Waals surface area contributed by atoms with Crippen molar-refractivity contribution >= 4 is 17.3 Å². The summed E-state index contributed by atoms with van der Waals surface area (Å²) in [5.74, 6) is -0.338. The van der Waals surface area contributed by atoms with Gasteiger partial charge in [-0.1, -0.05) is 20.8 Å². The van der Waals surface area contributed by atoms with Crippen LogP contribution in [0.3, 0.4) is 0 Å². The molecular formula is C16H25N3O3. The minimum atomic E-state index is -0.467. The fraction of sp³-hybridized carbons (Fsp3) is 0.562. The van der Waals surface area contributed by atoms with Crippen LogP contribution in [0.5, 0.6) is 0 Å². The van der Waals surface area contributed by atoms with Gasteiger partial charge in [0.05, 0.1) is 4.92 Å². The molecule has 0 radical (unpaired) electrons. The molecule has 1 aromatic rings. The summed E-state index contributed by atoms with van der Waals surface area (Å²) >= 11 is 0. The molecule has 0 saturated carbocycles. The summed E-state index contributed by atoms with van der Waals surface area (Å²) < 4.78 is 0. The molecule has 0 aliphatic heterocycles. The smallest absolute Gasteiger partial charge is 0.293 e. The Labute approximate surface area is 131 Å². The first kappa shape index (κ1) is 17.9. The lowest BCUT2D eigenvalue weighted by Crippen LogP contribution is -2.20. The molecule has 22 heavy (non-hydrogen) atoms. The molecule has 0 aliphatic rings. The predicted octanol–water partition coefficient (Wildman–Crippen LogP) is 3.58. The lowest BCUT2D eigenvalue weighted by molar-refractivity contribution is -0.384. The van der Waals surface area contributed by atoms with Gasteiger partial charge in [-0.2, -0.15) is 0 Å². The monoisotopic (exact) mass is 307 g/mol. The van der Waals surface area contributed by atoms with E-state index in [0.29, 0.717) is 5.69 Å². The summed E-state index contributed by atoms with van der Waals surface area (Å²) in [4.78, 5) is 22.3. The number of rotatable bonds is 6. The Morgan fingerprint density at radius 3 is 2.50 bits per heavy atom. The van der Waals surface area contributed by atoms with Gasteiger partial charge in [0.25, 0.3) is 11.6 Å². The molecule has 1 atom stereocenters. The minimum absolute atomic E-state index is 0.0799. The highest BCUT2D eigenvalue weighted by molar-refractivity contribution is 5.95. The Kier molecular flexibility index (Phi) is 5.91. The number of nitrogens with zero attached hydrogens (tertiary/aromatic N) is 1. The van der Waals surface area contributed by atoms with Crippen LogP contribution in [0.2, 0.25) is 0 Å². The highest BCUT2D eigenvalue weighted by atomic mass is 16.6. The molecule has 2 N–H and O–H groups in total. The zero-order valence-corrected chi connectivity index (χ0v) is 13.9. The maximum absolute atomic E-state index is 11.6. The van der Waals surface area contributed by atoms with Crippen molar-refractivity contribution in [2.24, 2.45) is 5.41 Å². The van der Waals surface area contributed by atoms with E-state index in [1.165, 1.54) is 13.1 Å². The van der Waals surface area contributed by atoms with Gasteiger partial charge in [0.15, 0.2) is 0 Å². The van der Waals surface area contributed by atoms with Gasteiger partial charge in [0, 0.05) is 24.7 Å². The third-order valence-electron chi connectivity index (χ3n) is 3.41. The average molecular weight is 307 g/mol. The van der Waals surface area contributed by atoms with Crippen LogP contribution in [0.25, 0.3) is 0 Å². The van der Waals surface area contributed by atoms with Crippen molar-refractivity contribution in [2.75, 3.05) is 12.4 Å². The average Bonchev–Trinajstić information content (AvgIpc) is 2.43. The van der Waals surface area contributed by atoms with Gasteiger partial charge in [-0.15, -0.1) is 0 Å². The Morgan fingerprint density at radius 1 is 1.36 bits per heavy atom. The number of hydrogen-bond donors (Lipinski definition) is 2. The molecular weight excluding hydrogens is 282 g/mol. The van der Waals surface area contributed by atoms with Crippen LogP contribution in [0, 0.1) is 15.5 Å². The molecule has 0 heterocycles. The molecule has 6 nitrogen and oxygen atoms in total. The number of benzene rings is 1. The molecule has 0 fully saturated rings. The molecule has 0 aromatic heterocycles. The lowest BCUT2D eigenvalue weighted by atomic mass is 9.89. The summed E-state index contributed by atoms with van der Waals surface area (Å²) in [6.45, 7) is 8.50. The van der Waals surface area contributed by atoms with Crippen molar-refractivity contribution in [1.29, 1.82) is 0 Å². The quantitative estimate of drug-likeness (QED) is 0.621. The topological polar surface area (TPSA) is 84.3 Å². The summed E-state index contributed by atoms with van der Waals surface area (Å²) in [5.41, 5.74) is 0.871. The van der Waals surface area contributed by atoms with Crippen LogP contribution < -0.4 is 10.6 Å². The van der Waals surface area contributed by atoms with Gasteiger partial charge in [-0.3, -0.25) is 14.9 Å². The van der Waals surface area contributed by atoms with Crippen LogP contribution in [0.15, 0.2) is 18.2 Å². The third-order valence-corrected chi connectivity index (χ3v) is 3.41. The maximum atomic E-state index is 11.6. The van der Waals surface area contributed by atoms with Gasteiger partial charge in [-0.25, -0.2) is 0 Å². The van der Waals surface area contributed by atoms with Crippen LogP contribution in [-0.2, 0) is 0 Å². The maximum Gasteiger partial charge on any atom is 0.293 e. The molecule has 1 unspecified atom stereocenters. The summed E-state index contributed by atoms with van der Waals surface area (Å²) in [7, 11) is 1.49. The Bertz CT molecular complexity index is 550. The highest BCUT2D eigenvalue weighted by Crippen LogP contribution is 2.28. The highest BCUT2D eigenvalue weighted by Gasteiger charge is 2.19. The van der Waals surface area contributed by atoms with Crippen molar-refractivity contribution in [3.63, 3.8) is 0 Å². The molecule has 0 saturated heterocycles. The number of carbonyl (C=O) groups excluding carboxylic acids is 1. The molecule has 6 heteroatoms. The van der Waals surface area contributed by atoms with E-state index in [2.05, 4.69) is 31.4 Å². The molecule has 122 valence electrons. The number of nitrogens with one attached hydrogen (secondary N) is 2. The minimum Gasteiger partial charge on any atom is -0.377 e. The molecule has 1 rings (SSSR count). The molecule has 0 bridgehead atoms. The van der Waals surface area contributed by atoms with Crippen molar-refractivity contribution in [3.05, 3.63) is 33.9 Å². The van der Waals surface area contributed by atoms with Crippen LogP contribution in [0.1, 0.15) is 50.9 Å². The number of amides is 1. The van der Waals surface area contributed by atoms with Gasteiger partial charge >= 0.3 is 0 Å². The normalized spacial score (nSPS) is 12.6. The third kappa shape index (κ3) is 5.35. The summed E-state index contributed by atoms with van der Waals surface area (Å²) in [6, 6.07) is 4.60. The predicted molar refractivity (Wildman–Crippen MR) is 88.3 cm³/mol. The van der Waals surface area contributed by atoms with E-state index < -0.39 is 4.92 Å². The van der Waals surface area contributed by atoms with Crippen molar-refractivity contribution in [3.8, 4) is 0 Å². The Balaban J connectivity index is 2.90. The van der Waals surface area contributed by atoms with E-state index in [0.717, 1.165) is 12.8 Å². The molecule has 0 aliphatic carbocycles. The van der Waals surface area contributed by atoms with E-state index >= 15 is 0 Å². The van der Waals surface area contributed by atoms with E-state index in [9.17, 15) is 14.9 Å². The number of nitro benzene ring substituents is 1. The first-order valence-corrected chi connectivity index (χ1v) is 7.41. The Hall–Kier alpha value is -2.11. The first-order valence-electron chi connectivity index (χ1n) is 7.41. The molecule has 0 spiro atoms. The van der Waals surface area contributed by atoms with Crippen molar-refractivity contribution < 1.29 is 9.72 Å². The van der Waals surface area contributed by atoms with Gasteiger partial charge in [0.1, 0.15) is 5.69 Å². The van der Waals surface area contributed by atoms with E-state index in [1.807, 2.05) is 6.92 Å². The van der Waals surface area contributed by atoms with Gasteiger partial charge in [-0.05, 0) is 37.3 Å². The second-order valence-electron chi connectivity index (χ2n) is 6.71. The zero-order chi connectivity index (χ0) is 16.9. The van der Waals surface area contributed by atoms with Crippen LogP contribution >= 0.6 is 0 Å². The Morgan fingerprint density at radius 2 is 2.00 bits per heavy atom. The second-order valence-corrected chi connectivity index (χ2v) is 6.71. The summed E-state index contributed by atoms with van der Waals surface area (Å²) in [5, 5.41) is 16.9.